The lowest BCUT2D eigenvalue weighted by molar-refractivity contribution is 0.162. The van der Waals surface area contributed by atoms with Gasteiger partial charge in [0.25, 0.3) is 0 Å². The Bertz CT molecular complexity index is 389. The van der Waals surface area contributed by atoms with Crippen LogP contribution in [0.25, 0.3) is 0 Å². The molecule has 2 atom stereocenters. The van der Waals surface area contributed by atoms with Crippen LogP contribution in [0.4, 0.5) is 0 Å². The molecule has 1 aliphatic rings. The fourth-order valence-electron chi connectivity index (χ4n) is 1.44. The van der Waals surface area contributed by atoms with E-state index in [9.17, 15) is 0 Å². The average molecular weight is 259 g/mol. The van der Waals surface area contributed by atoms with Crippen LogP contribution in [0.3, 0.4) is 0 Å². The summed E-state index contributed by atoms with van der Waals surface area (Å²) in [5.74, 6) is 0.633. The lowest BCUT2D eigenvalue weighted by Crippen LogP contribution is -2.22. The maximum Gasteiger partial charge on any atom is 0.138 e. The van der Waals surface area contributed by atoms with E-state index >= 15 is 0 Å². The van der Waals surface area contributed by atoms with Crippen LogP contribution in [-0.4, -0.2) is 18.8 Å². The highest BCUT2D eigenvalue weighted by Crippen LogP contribution is 2.31. The molecule has 2 nitrogen and oxygen atoms in total. The Morgan fingerprint density at radius 3 is 2.88 bits per heavy atom. The van der Waals surface area contributed by atoms with Crippen molar-refractivity contribution in [1.82, 2.24) is 0 Å². The standard InChI is InChI=1S/C12H12Cl2O2/c1-2-3-11(12-7-15-12)16-10-5-4-8(13)6-9(10)14/h2,4-6,11-12H,1,3,7H2. The molecule has 16 heavy (non-hydrogen) atoms. The van der Waals surface area contributed by atoms with Crippen LogP contribution >= 0.6 is 23.2 Å². The Hall–Kier alpha value is -0.700. The van der Waals surface area contributed by atoms with E-state index in [0.717, 1.165) is 13.0 Å². The van der Waals surface area contributed by atoms with E-state index in [1.165, 1.54) is 0 Å². The van der Waals surface area contributed by atoms with Gasteiger partial charge in [-0.1, -0.05) is 29.3 Å². The minimum atomic E-state index is -0.0174. The third-order valence-electron chi connectivity index (χ3n) is 2.35. The first-order valence-electron chi connectivity index (χ1n) is 5.05. The van der Waals surface area contributed by atoms with Crippen LogP contribution < -0.4 is 4.74 Å². The summed E-state index contributed by atoms with van der Waals surface area (Å²) < 4.78 is 11.0. The highest BCUT2D eigenvalue weighted by atomic mass is 35.5. The van der Waals surface area contributed by atoms with Gasteiger partial charge in [-0.25, -0.2) is 0 Å². The quantitative estimate of drug-likeness (QED) is 0.593. The summed E-state index contributed by atoms with van der Waals surface area (Å²) >= 11 is 11.8. The predicted octanol–water partition coefficient (Wildman–Crippen LogP) is 3.72. The molecule has 2 unspecified atom stereocenters. The molecule has 0 radical (unpaired) electrons. The number of hydrogen-bond acceptors (Lipinski definition) is 2. The van der Waals surface area contributed by atoms with Gasteiger partial charge in [0, 0.05) is 11.4 Å². The summed E-state index contributed by atoms with van der Waals surface area (Å²) in [6, 6.07) is 5.18. The summed E-state index contributed by atoms with van der Waals surface area (Å²) in [5.41, 5.74) is 0. The molecule has 1 aromatic carbocycles. The van der Waals surface area contributed by atoms with Gasteiger partial charge in [-0.3, -0.25) is 0 Å². The van der Waals surface area contributed by atoms with Crippen molar-refractivity contribution in [1.29, 1.82) is 0 Å². The Morgan fingerprint density at radius 1 is 1.56 bits per heavy atom. The van der Waals surface area contributed by atoms with Gasteiger partial charge < -0.3 is 9.47 Å². The van der Waals surface area contributed by atoms with Gasteiger partial charge >= 0.3 is 0 Å². The zero-order valence-electron chi connectivity index (χ0n) is 8.66. The smallest absolute Gasteiger partial charge is 0.138 e. The molecule has 0 bridgehead atoms. The SMILES string of the molecule is C=CCC(Oc1ccc(Cl)cc1Cl)C1CO1. The minimum absolute atomic E-state index is 0.0174. The van der Waals surface area contributed by atoms with Crippen LogP contribution in [0.5, 0.6) is 5.75 Å². The van der Waals surface area contributed by atoms with Crippen LogP contribution in [0.1, 0.15) is 6.42 Å². The van der Waals surface area contributed by atoms with Gasteiger partial charge in [0.2, 0.25) is 0 Å². The highest BCUT2D eigenvalue weighted by Gasteiger charge is 2.33. The summed E-state index contributed by atoms with van der Waals surface area (Å²) in [5, 5.41) is 1.11. The molecule has 0 spiro atoms. The third-order valence-corrected chi connectivity index (χ3v) is 2.88. The van der Waals surface area contributed by atoms with E-state index in [4.69, 9.17) is 32.7 Å². The van der Waals surface area contributed by atoms with Gasteiger partial charge in [0.15, 0.2) is 0 Å². The van der Waals surface area contributed by atoms with Crippen LogP contribution in [0.2, 0.25) is 10.0 Å². The Labute approximate surface area is 105 Å². The van der Waals surface area contributed by atoms with E-state index in [2.05, 4.69) is 6.58 Å². The molecule has 1 heterocycles. The maximum atomic E-state index is 6.02. The van der Waals surface area contributed by atoms with Crippen molar-refractivity contribution in [2.24, 2.45) is 0 Å². The van der Waals surface area contributed by atoms with Crippen molar-refractivity contribution in [3.05, 3.63) is 40.9 Å². The zero-order chi connectivity index (χ0) is 11.5. The number of benzene rings is 1. The minimum Gasteiger partial charge on any atom is -0.486 e. The molecule has 1 fully saturated rings. The average Bonchev–Trinajstić information content (AvgIpc) is 3.04. The highest BCUT2D eigenvalue weighted by molar-refractivity contribution is 6.35. The van der Waals surface area contributed by atoms with Crippen LogP contribution in [0, 0.1) is 0 Å². The summed E-state index contributed by atoms with van der Waals surface area (Å²) in [4.78, 5) is 0. The van der Waals surface area contributed by atoms with Crippen molar-refractivity contribution in [3.8, 4) is 5.75 Å². The number of epoxide rings is 1. The number of halogens is 2. The Kier molecular flexibility index (Phi) is 3.74. The monoisotopic (exact) mass is 258 g/mol. The van der Waals surface area contributed by atoms with Crippen molar-refractivity contribution in [2.75, 3.05) is 6.61 Å². The van der Waals surface area contributed by atoms with Gasteiger partial charge in [-0.05, 0) is 18.2 Å². The largest absolute Gasteiger partial charge is 0.486 e. The van der Waals surface area contributed by atoms with Crippen molar-refractivity contribution < 1.29 is 9.47 Å². The molecular weight excluding hydrogens is 247 g/mol. The molecule has 1 aromatic rings. The molecule has 2 rings (SSSR count). The van der Waals surface area contributed by atoms with Crippen molar-refractivity contribution >= 4 is 23.2 Å². The molecule has 86 valence electrons. The molecule has 0 saturated carbocycles. The van der Waals surface area contributed by atoms with E-state index in [-0.39, 0.29) is 12.2 Å². The number of ether oxygens (including phenoxy) is 2. The Balaban J connectivity index is 2.08. The van der Waals surface area contributed by atoms with Gasteiger partial charge in [-0.15, -0.1) is 6.58 Å². The lowest BCUT2D eigenvalue weighted by atomic mass is 10.2. The van der Waals surface area contributed by atoms with Gasteiger partial charge in [-0.2, -0.15) is 0 Å². The topological polar surface area (TPSA) is 21.8 Å². The van der Waals surface area contributed by atoms with Crippen LogP contribution in [0.15, 0.2) is 30.9 Å². The first-order chi connectivity index (χ1) is 7.70. The first-order valence-corrected chi connectivity index (χ1v) is 5.80. The first kappa shape index (κ1) is 11.8. The molecule has 0 amide bonds. The van der Waals surface area contributed by atoms with Crippen LogP contribution in [-0.2, 0) is 4.74 Å². The normalized spacial score (nSPS) is 20.2. The number of rotatable bonds is 5. The van der Waals surface area contributed by atoms with E-state index < -0.39 is 0 Å². The van der Waals surface area contributed by atoms with E-state index in [0.29, 0.717) is 15.8 Å². The van der Waals surface area contributed by atoms with E-state index in [1.54, 1.807) is 18.2 Å². The van der Waals surface area contributed by atoms with Gasteiger partial charge in [0.1, 0.15) is 18.0 Å². The summed E-state index contributed by atoms with van der Waals surface area (Å²) in [6.45, 7) is 4.44. The predicted molar refractivity (Wildman–Crippen MR) is 65.4 cm³/mol. The van der Waals surface area contributed by atoms with Crippen molar-refractivity contribution in [2.45, 2.75) is 18.6 Å². The lowest BCUT2D eigenvalue weighted by Gasteiger charge is -2.16. The molecule has 0 N–H and O–H groups in total. The molecule has 0 aromatic heterocycles. The Morgan fingerprint density at radius 2 is 2.31 bits per heavy atom. The third kappa shape index (κ3) is 2.91. The summed E-state index contributed by atoms with van der Waals surface area (Å²) in [6.07, 6.45) is 2.70. The zero-order valence-corrected chi connectivity index (χ0v) is 10.2. The van der Waals surface area contributed by atoms with E-state index in [1.807, 2.05) is 6.08 Å². The number of hydrogen-bond donors (Lipinski definition) is 0. The molecule has 0 aliphatic carbocycles. The molecule has 4 heteroatoms. The second kappa shape index (κ2) is 5.09. The molecule has 1 saturated heterocycles. The second-order valence-electron chi connectivity index (χ2n) is 3.63. The fraction of sp³-hybridized carbons (Fsp3) is 0.333. The van der Waals surface area contributed by atoms with Gasteiger partial charge in [0.05, 0.1) is 11.6 Å². The second-order valence-corrected chi connectivity index (χ2v) is 4.47. The molecular formula is C12H12Cl2O2. The fourth-order valence-corrected chi connectivity index (χ4v) is 1.90. The maximum absolute atomic E-state index is 6.02. The summed E-state index contributed by atoms with van der Waals surface area (Å²) in [7, 11) is 0. The molecule has 1 aliphatic heterocycles. The van der Waals surface area contributed by atoms with Crippen molar-refractivity contribution in [3.63, 3.8) is 0 Å².